The van der Waals surface area contributed by atoms with Crippen molar-refractivity contribution < 1.29 is 9.21 Å². The zero-order chi connectivity index (χ0) is 11.3. The van der Waals surface area contributed by atoms with Crippen LogP contribution in [0, 0.1) is 0 Å². The van der Waals surface area contributed by atoms with Gasteiger partial charge in [0.2, 0.25) is 5.91 Å². The molecule has 0 radical (unpaired) electrons. The van der Waals surface area contributed by atoms with Crippen molar-refractivity contribution in [3.63, 3.8) is 0 Å². The molecule has 15 heavy (non-hydrogen) atoms. The van der Waals surface area contributed by atoms with Gasteiger partial charge in [0.15, 0.2) is 0 Å². The molecule has 0 saturated carbocycles. The molecule has 84 valence electrons. The molecule has 1 aromatic heterocycles. The molecule has 0 aliphatic heterocycles. The number of carbonyl (C=O) groups excluding carboxylic acids is 1. The number of furan rings is 1. The Morgan fingerprint density at radius 1 is 1.53 bits per heavy atom. The molecule has 0 aliphatic rings. The van der Waals surface area contributed by atoms with E-state index in [4.69, 9.17) is 4.42 Å². The van der Waals surface area contributed by atoms with Gasteiger partial charge < -0.3 is 15.1 Å². The molecular weight excluding hydrogens is 192 g/mol. The summed E-state index contributed by atoms with van der Waals surface area (Å²) in [4.78, 5) is 11.1. The third kappa shape index (κ3) is 3.75. The van der Waals surface area contributed by atoms with Crippen molar-refractivity contribution in [2.24, 2.45) is 0 Å². The lowest BCUT2D eigenvalue weighted by Gasteiger charge is -2.18. The molecule has 1 rings (SSSR count). The fourth-order valence-corrected chi connectivity index (χ4v) is 1.48. The second kappa shape index (κ2) is 5.56. The number of hydrogen-bond acceptors (Lipinski definition) is 3. The van der Waals surface area contributed by atoms with E-state index in [9.17, 15) is 4.79 Å². The van der Waals surface area contributed by atoms with Gasteiger partial charge in [-0.1, -0.05) is 0 Å². The van der Waals surface area contributed by atoms with Crippen LogP contribution < -0.4 is 10.6 Å². The van der Waals surface area contributed by atoms with E-state index in [0.29, 0.717) is 6.42 Å². The Balaban J connectivity index is 2.38. The summed E-state index contributed by atoms with van der Waals surface area (Å²) in [6, 6.07) is 2.27. The predicted molar refractivity (Wildman–Crippen MR) is 58.4 cm³/mol. The number of carbonyl (C=O) groups is 1. The summed E-state index contributed by atoms with van der Waals surface area (Å²) in [5, 5.41) is 5.93. The van der Waals surface area contributed by atoms with E-state index in [2.05, 4.69) is 10.6 Å². The van der Waals surface area contributed by atoms with Crippen LogP contribution in [-0.4, -0.2) is 19.0 Å². The Hall–Kier alpha value is -1.29. The summed E-state index contributed by atoms with van der Waals surface area (Å²) in [7, 11) is 1.65. The fraction of sp³-hybridized carbons (Fsp3) is 0.545. The Kier molecular flexibility index (Phi) is 4.37. The standard InChI is InChI=1S/C11H18N2O2/c1-8(6-11(14)12-3)13-9(2)10-4-5-15-7-10/h4-5,7-9,13H,6H2,1-3H3,(H,12,14). The highest BCUT2D eigenvalue weighted by atomic mass is 16.3. The summed E-state index contributed by atoms with van der Waals surface area (Å²) in [6.45, 7) is 4.04. The second-order valence-electron chi connectivity index (χ2n) is 3.72. The lowest BCUT2D eigenvalue weighted by molar-refractivity contribution is -0.121. The molecule has 4 nitrogen and oxygen atoms in total. The van der Waals surface area contributed by atoms with Gasteiger partial charge in [0, 0.05) is 31.1 Å². The Morgan fingerprint density at radius 2 is 2.27 bits per heavy atom. The van der Waals surface area contributed by atoms with Gasteiger partial charge in [0.1, 0.15) is 0 Å². The van der Waals surface area contributed by atoms with Crippen molar-refractivity contribution in [3.05, 3.63) is 24.2 Å². The summed E-state index contributed by atoms with van der Waals surface area (Å²) < 4.78 is 5.00. The van der Waals surface area contributed by atoms with Crippen LogP contribution in [0.2, 0.25) is 0 Å². The number of amides is 1. The number of hydrogen-bond donors (Lipinski definition) is 2. The maximum atomic E-state index is 11.1. The van der Waals surface area contributed by atoms with E-state index < -0.39 is 0 Å². The first-order valence-electron chi connectivity index (χ1n) is 5.12. The molecule has 0 saturated heterocycles. The quantitative estimate of drug-likeness (QED) is 0.773. The molecule has 1 aromatic rings. The molecule has 2 N–H and O–H groups in total. The molecule has 0 bridgehead atoms. The minimum Gasteiger partial charge on any atom is -0.472 e. The summed E-state index contributed by atoms with van der Waals surface area (Å²) in [6.07, 6.45) is 3.85. The van der Waals surface area contributed by atoms with E-state index in [1.807, 2.05) is 19.9 Å². The van der Waals surface area contributed by atoms with Crippen LogP contribution in [0.5, 0.6) is 0 Å². The van der Waals surface area contributed by atoms with Crippen LogP contribution in [-0.2, 0) is 4.79 Å². The average molecular weight is 210 g/mol. The largest absolute Gasteiger partial charge is 0.472 e. The van der Waals surface area contributed by atoms with Crippen molar-refractivity contribution in [1.82, 2.24) is 10.6 Å². The molecule has 0 aliphatic carbocycles. The molecule has 0 spiro atoms. The first kappa shape index (κ1) is 11.8. The predicted octanol–water partition coefficient (Wildman–Crippen LogP) is 1.45. The zero-order valence-corrected chi connectivity index (χ0v) is 9.41. The molecule has 2 atom stereocenters. The van der Waals surface area contributed by atoms with Gasteiger partial charge in [-0.25, -0.2) is 0 Å². The maximum Gasteiger partial charge on any atom is 0.221 e. The number of nitrogens with one attached hydrogen (secondary N) is 2. The van der Waals surface area contributed by atoms with Crippen molar-refractivity contribution in [2.45, 2.75) is 32.4 Å². The van der Waals surface area contributed by atoms with Crippen LogP contribution in [0.3, 0.4) is 0 Å². The lowest BCUT2D eigenvalue weighted by Crippen LogP contribution is -2.33. The van der Waals surface area contributed by atoms with Gasteiger partial charge in [-0.2, -0.15) is 0 Å². The van der Waals surface area contributed by atoms with Crippen molar-refractivity contribution >= 4 is 5.91 Å². The van der Waals surface area contributed by atoms with Crippen LogP contribution in [0.4, 0.5) is 0 Å². The maximum absolute atomic E-state index is 11.1. The van der Waals surface area contributed by atoms with Gasteiger partial charge in [-0.3, -0.25) is 4.79 Å². The number of rotatable bonds is 5. The fourth-order valence-electron chi connectivity index (χ4n) is 1.48. The lowest BCUT2D eigenvalue weighted by atomic mass is 10.1. The molecular formula is C11H18N2O2. The molecule has 1 heterocycles. The second-order valence-corrected chi connectivity index (χ2v) is 3.72. The van der Waals surface area contributed by atoms with E-state index in [-0.39, 0.29) is 18.0 Å². The Bertz CT molecular complexity index is 296. The minimum atomic E-state index is 0.0504. The highest BCUT2D eigenvalue weighted by molar-refractivity contribution is 5.76. The smallest absolute Gasteiger partial charge is 0.221 e. The van der Waals surface area contributed by atoms with Crippen LogP contribution in [0.1, 0.15) is 31.9 Å². The first-order chi connectivity index (χ1) is 7.13. The molecule has 1 amide bonds. The Labute approximate surface area is 90.0 Å². The highest BCUT2D eigenvalue weighted by Crippen LogP contribution is 2.13. The van der Waals surface area contributed by atoms with Crippen molar-refractivity contribution in [1.29, 1.82) is 0 Å². The van der Waals surface area contributed by atoms with Crippen molar-refractivity contribution in [2.75, 3.05) is 7.05 Å². The van der Waals surface area contributed by atoms with E-state index in [1.54, 1.807) is 19.6 Å². The summed E-state index contributed by atoms with van der Waals surface area (Å²) >= 11 is 0. The third-order valence-corrected chi connectivity index (χ3v) is 2.35. The van der Waals surface area contributed by atoms with Crippen LogP contribution >= 0.6 is 0 Å². The summed E-state index contributed by atoms with van der Waals surface area (Å²) in [5.74, 6) is 0.0504. The summed E-state index contributed by atoms with van der Waals surface area (Å²) in [5.41, 5.74) is 1.10. The van der Waals surface area contributed by atoms with Crippen molar-refractivity contribution in [3.8, 4) is 0 Å². The molecule has 4 heteroatoms. The van der Waals surface area contributed by atoms with Crippen LogP contribution in [0.15, 0.2) is 23.0 Å². The van der Waals surface area contributed by atoms with Gasteiger partial charge in [0.05, 0.1) is 12.5 Å². The normalized spacial score (nSPS) is 14.6. The van der Waals surface area contributed by atoms with Gasteiger partial charge in [0.25, 0.3) is 0 Å². The minimum absolute atomic E-state index is 0.0504. The van der Waals surface area contributed by atoms with E-state index >= 15 is 0 Å². The van der Waals surface area contributed by atoms with E-state index in [1.165, 1.54) is 0 Å². The highest BCUT2D eigenvalue weighted by Gasteiger charge is 2.12. The van der Waals surface area contributed by atoms with Crippen LogP contribution in [0.25, 0.3) is 0 Å². The SMILES string of the molecule is CNC(=O)CC(C)NC(C)c1ccoc1. The molecule has 2 unspecified atom stereocenters. The monoisotopic (exact) mass is 210 g/mol. The average Bonchev–Trinajstić information content (AvgIpc) is 2.70. The van der Waals surface area contributed by atoms with Gasteiger partial charge >= 0.3 is 0 Å². The van der Waals surface area contributed by atoms with Gasteiger partial charge in [-0.15, -0.1) is 0 Å². The van der Waals surface area contributed by atoms with E-state index in [0.717, 1.165) is 5.56 Å². The third-order valence-electron chi connectivity index (χ3n) is 2.35. The Morgan fingerprint density at radius 3 is 2.80 bits per heavy atom. The first-order valence-corrected chi connectivity index (χ1v) is 5.12. The van der Waals surface area contributed by atoms with Gasteiger partial charge in [-0.05, 0) is 19.9 Å². The molecule has 0 fully saturated rings. The zero-order valence-electron chi connectivity index (χ0n) is 9.41. The topological polar surface area (TPSA) is 54.3 Å². The molecule has 0 aromatic carbocycles.